The summed E-state index contributed by atoms with van der Waals surface area (Å²) >= 11 is 0. The van der Waals surface area contributed by atoms with Gasteiger partial charge in [-0.2, -0.15) is 0 Å². The lowest BCUT2D eigenvalue weighted by molar-refractivity contribution is 0.628. The van der Waals surface area contributed by atoms with E-state index in [1.54, 1.807) is 36.4 Å². The maximum absolute atomic E-state index is 14.3. The second-order valence-electron chi connectivity index (χ2n) is 13.0. The molecule has 0 nitrogen and oxygen atoms in total. The Morgan fingerprint density at radius 3 is 0.769 bits per heavy atom. The summed E-state index contributed by atoms with van der Waals surface area (Å²) in [4.78, 5) is 0. The third-order valence-corrected chi connectivity index (χ3v) is 14.7. The van der Waals surface area contributed by atoms with Crippen LogP contribution in [-0.2, 0) is 0 Å². The van der Waals surface area contributed by atoms with Crippen molar-refractivity contribution in [2.75, 3.05) is 0 Å². The van der Waals surface area contributed by atoms with Gasteiger partial charge in [0.25, 0.3) is 0 Å². The number of hydrogen-bond donors (Lipinski definition) is 0. The Labute approximate surface area is 303 Å². The molecule has 0 bridgehead atoms. The first kappa shape index (κ1) is 32.9. The van der Waals surface area contributed by atoms with E-state index in [9.17, 15) is 13.2 Å². The molecule has 4 heteroatoms. The first-order chi connectivity index (χ1) is 25.5. The fourth-order valence-corrected chi connectivity index (χ4v) is 12.0. The first-order valence-electron chi connectivity index (χ1n) is 17.2. The molecular formula is C48H33F3Si. The van der Waals surface area contributed by atoms with E-state index in [4.69, 9.17) is 0 Å². The van der Waals surface area contributed by atoms with E-state index in [0.29, 0.717) is 0 Å². The zero-order chi connectivity index (χ0) is 35.5. The molecule has 0 saturated carbocycles. The molecule has 8 aromatic rings. The summed E-state index contributed by atoms with van der Waals surface area (Å²) in [5.41, 5.74) is 7.46. The van der Waals surface area contributed by atoms with Crippen molar-refractivity contribution in [2.45, 2.75) is 0 Å². The highest BCUT2D eigenvalue weighted by molar-refractivity contribution is 7.19. The molecule has 0 N–H and O–H groups in total. The van der Waals surface area contributed by atoms with Gasteiger partial charge in [-0.15, -0.1) is 0 Å². The lowest BCUT2D eigenvalue weighted by atomic mass is 10.1. The predicted octanol–water partition coefficient (Wildman–Crippen LogP) is 10.1. The molecule has 0 spiro atoms. The molecule has 0 fully saturated rings. The monoisotopic (exact) mass is 694 g/mol. The second-order valence-corrected chi connectivity index (χ2v) is 16.8. The van der Waals surface area contributed by atoms with Gasteiger partial charge in [0, 0.05) is 0 Å². The van der Waals surface area contributed by atoms with Crippen LogP contribution >= 0.6 is 0 Å². The molecule has 0 amide bonds. The Hall–Kier alpha value is -6.23. The van der Waals surface area contributed by atoms with Crippen LogP contribution in [0, 0.1) is 17.5 Å². The smallest absolute Gasteiger partial charge is 0.179 e. The highest BCUT2D eigenvalue weighted by atomic mass is 28.3. The summed E-state index contributed by atoms with van der Waals surface area (Å²) in [5.74, 6) is -0.832. The quantitative estimate of drug-likeness (QED) is 0.110. The Balaban J connectivity index is 1.35. The van der Waals surface area contributed by atoms with Crippen LogP contribution in [0.15, 0.2) is 200 Å². The van der Waals surface area contributed by atoms with Crippen molar-refractivity contribution in [2.24, 2.45) is 0 Å². The van der Waals surface area contributed by atoms with Crippen LogP contribution in [-0.4, -0.2) is 8.07 Å². The van der Waals surface area contributed by atoms with E-state index in [1.807, 2.05) is 36.4 Å². The minimum atomic E-state index is -3.05. The zero-order valence-electron chi connectivity index (χ0n) is 28.2. The van der Waals surface area contributed by atoms with Crippen LogP contribution in [0.4, 0.5) is 13.2 Å². The highest BCUT2D eigenvalue weighted by Gasteiger charge is 2.41. The molecule has 0 aliphatic rings. The van der Waals surface area contributed by atoms with Gasteiger partial charge in [-0.3, -0.25) is 0 Å². The van der Waals surface area contributed by atoms with Gasteiger partial charge in [0.05, 0.1) is 0 Å². The van der Waals surface area contributed by atoms with Gasteiger partial charge in [-0.05, 0) is 102 Å². The van der Waals surface area contributed by atoms with Crippen molar-refractivity contribution in [3.8, 4) is 44.5 Å². The molecular weight excluding hydrogens is 662 g/mol. The Kier molecular flexibility index (Phi) is 8.98. The zero-order valence-corrected chi connectivity index (χ0v) is 29.2. The maximum Gasteiger partial charge on any atom is 0.179 e. The molecule has 8 rings (SSSR count). The van der Waals surface area contributed by atoms with Crippen molar-refractivity contribution in [3.05, 3.63) is 218 Å². The number of benzene rings is 8. The van der Waals surface area contributed by atoms with Gasteiger partial charge in [0.15, 0.2) is 8.07 Å². The third kappa shape index (κ3) is 6.41. The summed E-state index contributed by atoms with van der Waals surface area (Å²) in [6.07, 6.45) is 0. The van der Waals surface area contributed by atoms with E-state index in [1.165, 1.54) is 23.4 Å². The van der Waals surface area contributed by atoms with Crippen LogP contribution < -0.4 is 20.7 Å². The molecule has 0 aromatic heterocycles. The van der Waals surface area contributed by atoms with Gasteiger partial charge >= 0.3 is 0 Å². The average molecular weight is 695 g/mol. The lowest BCUT2D eigenvalue weighted by Gasteiger charge is -2.35. The molecule has 0 unspecified atom stereocenters. The Morgan fingerprint density at radius 1 is 0.231 bits per heavy atom. The number of hydrogen-bond acceptors (Lipinski definition) is 0. The summed E-state index contributed by atoms with van der Waals surface area (Å²) in [6.45, 7) is 0. The van der Waals surface area contributed by atoms with Crippen LogP contribution in [0.5, 0.6) is 0 Å². The number of halogens is 3. The van der Waals surface area contributed by atoms with Gasteiger partial charge in [-0.1, -0.05) is 164 Å². The lowest BCUT2D eigenvalue weighted by Crippen LogP contribution is -2.74. The van der Waals surface area contributed by atoms with Crippen molar-refractivity contribution in [3.63, 3.8) is 0 Å². The van der Waals surface area contributed by atoms with E-state index in [2.05, 4.69) is 109 Å². The van der Waals surface area contributed by atoms with E-state index < -0.39 is 8.07 Å². The highest BCUT2D eigenvalue weighted by Crippen LogP contribution is 2.25. The molecule has 250 valence electrons. The largest absolute Gasteiger partial charge is 0.207 e. The third-order valence-electron chi connectivity index (χ3n) is 9.85. The minimum absolute atomic E-state index is 0.277. The van der Waals surface area contributed by atoms with Crippen LogP contribution in [0.2, 0.25) is 0 Å². The van der Waals surface area contributed by atoms with Gasteiger partial charge in [0.1, 0.15) is 17.5 Å². The van der Waals surface area contributed by atoms with Crippen LogP contribution in [0.25, 0.3) is 44.5 Å². The van der Waals surface area contributed by atoms with Crippen molar-refractivity contribution in [1.82, 2.24) is 0 Å². The molecule has 0 saturated heterocycles. The topological polar surface area (TPSA) is 0 Å². The number of rotatable bonds is 8. The second kappa shape index (κ2) is 14.2. The van der Waals surface area contributed by atoms with Gasteiger partial charge in [-0.25, -0.2) is 13.2 Å². The van der Waals surface area contributed by atoms with E-state index in [-0.39, 0.29) is 17.5 Å². The van der Waals surface area contributed by atoms with Crippen molar-refractivity contribution in [1.29, 1.82) is 0 Å². The van der Waals surface area contributed by atoms with E-state index in [0.717, 1.165) is 60.1 Å². The average Bonchev–Trinajstić information content (AvgIpc) is 3.20. The van der Waals surface area contributed by atoms with Crippen molar-refractivity contribution >= 4 is 28.8 Å². The summed E-state index contributed by atoms with van der Waals surface area (Å²) in [7, 11) is -3.05. The molecule has 8 aromatic carbocycles. The summed E-state index contributed by atoms with van der Waals surface area (Å²) in [6, 6.07) is 64.7. The minimum Gasteiger partial charge on any atom is -0.207 e. The van der Waals surface area contributed by atoms with Crippen molar-refractivity contribution < 1.29 is 13.2 Å². The summed E-state index contributed by atoms with van der Waals surface area (Å²) < 4.78 is 42.8. The summed E-state index contributed by atoms with van der Waals surface area (Å²) in [5, 5.41) is 4.63. The van der Waals surface area contributed by atoms with Gasteiger partial charge in [0.2, 0.25) is 0 Å². The van der Waals surface area contributed by atoms with Gasteiger partial charge < -0.3 is 0 Å². The van der Waals surface area contributed by atoms with Crippen LogP contribution in [0.3, 0.4) is 0 Å². The SMILES string of the molecule is Fc1cccc(-c2ccc([Si](c3ccc(-c4ccccc4)cc3)(c3ccc(-c4cccc(F)c4)cc3)c3ccc(-c4cccc(F)c4)cc3)cc2)c1. The maximum atomic E-state index is 14.3. The Bertz CT molecular complexity index is 2240. The standard InChI is InChI=1S/C48H33F3Si/c49-42-12-4-9-39(31-42)36-17-25-46(26-18-36)52(45-23-15-35(16-24-45)34-7-2-1-3-8-34,47-27-19-37(20-28-47)40-10-5-13-43(50)32-40)48-29-21-38(22-30-48)41-11-6-14-44(51)33-41/h1-33H. The normalized spacial score (nSPS) is 11.4. The molecule has 52 heavy (non-hydrogen) atoms. The first-order valence-corrected chi connectivity index (χ1v) is 19.2. The molecule has 0 heterocycles. The molecule has 0 aliphatic heterocycles. The van der Waals surface area contributed by atoms with E-state index >= 15 is 0 Å². The Morgan fingerprint density at radius 2 is 0.481 bits per heavy atom. The van der Waals surface area contributed by atoms with Crippen LogP contribution in [0.1, 0.15) is 0 Å². The fourth-order valence-electron chi connectivity index (χ4n) is 7.29. The molecule has 0 atom stereocenters. The molecule has 0 radical (unpaired) electrons. The predicted molar refractivity (Wildman–Crippen MR) is 212 cm³/mol. The fraction of sp³-hybridized carbons (Fsp3) is 0. The molecule has 0 aliphatic carbocycles.